The first-order chi connectivity index (χ1) is 7.43. The molecule has 0 bridgehead atoms. The van der Waals surface area contributed by atoms with Gasteiger partial charge in [-0.2, -0.15) is 5.10 Å². The summed E-state index contributed by atoms with van der Waals surface area (Å²) >= 11 is 2.04. The highest BCUT2D eigenvalue weighted by Crippen LogP contribution is 2.35. The van der Waals surface area contributed by atoms with Crippen molar-refractivity contribution in [1.29, 1.82) is 0 Å². The molecule has 0 saturated carbocycles. The number of nitrogens with zero attached hydrogens (tertiary/aromatic N) is 2. The Morgan fingerprint density at radius 1 is 1.47 bits per heavy atom. The van der Waals surface area contributed by atoms with Crippen LogP contribution in [0.2, 0.25) is 0 Å². The third kappa shape index (κ3) is 1.93. The summed E-state index contributed by atoms with van der Waals surface area (Å²) in [5.74, 6) is 2.00. The molecule has 3 nitrogen and oxygen atoms in total. The second kappa shape index (κ2) is 4.18. The fourth-order valence-electron chi connectivity index (χ4n) is 2.43. The number of nitrogens with one attached hydrogen (secondary N) is 1. The van der Waals surface area contributed by atoms with E-state index in [0.717, 1.165) is 13.1 Å². The van der Waals surface area contributed by atoms with Crippen LogP contribution in [0.1, 0.15) is 36.1 Å². The third-order valence-corrected chi connectivity index (χ3v) is 4.71. The molecule has 0 spiro atoms. The molecule has 0 aromatic carbocycles. The molecule has 4 heteroatoms. The minimum absolute atomic E-state index is 0.605. The van der Waals surface area contributed by atoms with Gasteiger partial charge in [0.1, 0.15) is 0 Å². The summed E-state index contributed by atoms with van der Waals surface area (Å²) in [4.78, 5) is 0. The van der Waals surface area contributed by atoms with Crippen molar-refractivity contribution in [3.8, 4) is 0 Å². The van der Waals surface area contributed by atoms with Crippen LogP contribution in [0.5, 0.6) is 0 Å². The smallest absolute Gasteiger partial charge is 0.0970 e. The maximum atomic E-state index is 4.51. The molecule has 3 rings (SSSR count). The van der Waals surface area contributed by atoms with E-state index in [1.54, 1.807) is 0 Å². The lowest BCUT2D eigenvalue weighted by Gasteiger charge is -2.08. The Bertz CT molecular complexity index is 294. The van der Waals surface area contributed by atoms with Crippen molar-refractivity contribution in [3.05, 3.63) is 18.0 Å². The normalized spacial score (nSPS) is 31.2. The minimum atomic E-state index is 0.605. The number of thioether (sulfide) groups is 1. The van der Waals surface area contributed by atoms with Crippen LogP contribution in [0.15, 0.2) is 12.4 Å². The molecule has 2 aliphatic heterocycles. The predicted molar refractivity (Wildman–Crippen MR) is 63.2 cm³/mol. The molecule has 1 aromatic heterocycles. The van der Waals surface area contributed by atoms with Gasteiger partial charge < -0.3 is 5.32 Å². The van der Waals surface area contributed by atoms with Gasteiger partial charge in [-0.25, -0.2) is 0 Å². The maximum absolute atomic E-state index is 4.51. The van der Waals surface area contributed by atoms with Crippen molar-refractivity contribution < 1.29 is 0 Å². The van der Waals surface area contributed by atoms with Gasteiger partial charge in [0.15, 0.2) is 0 Å². The van der Waals surface area contributed by atoms with Crippen molar-refractivity contribution in [3.63, 3.8) is 0 Å². The van der Waals surface area contributed by atoms with Crippen LogP contribution in [0.4, 0.5) is 0 Å². The van der Waals surface area contributed by atoms with E-state index in [9.17, 15) is 0 Å². The highest BCUT2D eigenvalue weighted by molar-refractivity contribution is 7.99. The van der Waals surface area contributed by atoms with Gasteiger partial charge in [0.25, 0.3) is 0 Å². The zero-order valence-electron chi connectivity index (χ0n) is 8.85. The summed E-state index contributed by atoms with van der Waals surface area (Å²) in [6.07, 6.45) is 8.23. The molecule has 2 unspecified atom stereocenters. The first-order valence-corrected chi connectivity index (χ1v) is 6.85. The monoisotopic (exact) mass is 223 g/mol. The van der Waals surface area contributed by atoms with Crippen molar-refractivity contribution >= 4 is 11.8 Å². The van der Waals surface area contributed by atoms with E-state index in [-0.39, 0.29) is 0 Å². The lowest BCUT2D eigenvalue weighted by Crippen LogP contribution is -2.07. The number of rotatable bonds is 2. The maximum Gasteiger partial charge on any atom is 0.0970 e. The van der Waals surface area contributed by atoms with Gasteiger partial charge >= 0.3 is 0 Å². The van der Waals surface area contributed by atoms with Gasteiger partial charge in [0.05, 0.1) is 11.6 Å². The first kappa shape index (κ1) is 9.73. The Kier molecular flexibility index (Phi) is 2.71. The second-order valence-electron chi connectivity index (χ2n) is 4.41. The van der Waals surface area contributed by atoms with Crippen molar-refractivity contribution in [2.24, 2.45) is 0 Å². The van der Waals surface area contributed by atoms with Crippen LogP contribution in [0.25, 0.3) is 0 Å². The highest BCUT2D eigenvalue weighted by atomic mass is 32.2. The standard InChI is InChI=1S/C11H17N3S/c1-2-11(15-5-1)14-8-10(7-13-14)9-3-4-12-6-9/h7-9,11-12H,1-6H2. The molecule has 2 fully saturated rings. The summed E-state index contributed by atoms with van der Waals surface area (Å²) in [6, 6.07) is 0. The van der Waals surface area contributed by atoms with E-state index in [0.29, 0.717) is 11.3 Å². The van der Waals surface area contributed by atoms with Crippen LogP contribution >= 0.6 is 11.8 Å². The van der Waals surface area contributed by atoms with E-state index in [1.807, 2.05) is 11.8 Å². The molecule has 3 heterocycles. The zero-order chi connectivity index (χ0) is 10.1. The Morgan fingerprint density at radius 3 is 3.20 bits per heavy atom. The summed E-state index contributed by atoms with van der Waals surface area (Å²) in [5.41, 5.74) is 1.42. The van der Waals surface area contributed by atoms with Gasteiger partial charge in [-0.05, 0) is 37.1 Å². The Labute approximate surface area is 94.6 Å². The Hall–Kier alpha value is -0.480. The molecule has 0 amide bonds. The number of hydrogen-bond acceptors (Lipinski definition) is 3. The number of hydrogen-bond donors (Lipinski definition) is 1. The molecule has 1 N–H and O–H groups in total. The van der Waals surface area contributed by atoms with E-state index < -0.39 is 0 Å². The second-order valence-corrected chi connectivity index (χ2v) is 5.70. The molecule has 82 valence electrons. The number of aromatic nitrogens is 2. The summed E-state index contributed by atoms with van der Waals surface area (Å²) in [5, 5.41) is 8.52. The van der Waals surface area contributed by atoms with Crippen LogP contribution in [0, 0.1) is 0 Å². The van der Waals surface area contributed by atoms with Crippen LogP contribution < -0.4 is 5.32 Å². The van der Waals surface area contributed by atoms with Crippen molar-refractivity contribution in [2.45, 2.75) is 30.6 Å². The van der Waals surface area contributed by atoms with E-state index in [4.69, 9.17) is 0 Å². The summed E-state index contributed by atoms with van der Waals surface area (Å²) in [7, 11) is 0. The van der Waals surface area contributed by atoms with Crippen LogP contribution in [-0.2, 0) is 0 Å². The fourth-order valence-corrected chi connectivity index (χ4v) is 3.64. The highest BCUT2D eigenvalue weighted by Gasteiger charge is 2.21. The van der Waals surface area contributed by atoms with E-state index in [2.05, 4.69) is 27.5 Å². The van der Waals surface area contributed by atoms with Gasteiger partial charge in [-0.15, -0.1) is 11.8 Å². The predicted octanol–water partition coefficient (Wildman–Crippen LogP) is 1.99. The van der Waals surface area contributed by atoms with Crippen molar-refractivity contribution in [2.75, 3.05) is 18.8 Å². The molecule has 15 heavy (non-hydrogen) atoms. The van der Waals surface area contributed by atoms with Gasteiger partial charge in [0.2, 0.25) is 0 Å². The molecule has 2 saturated heterocycles. The van der Waals surface area contributed by atoms with Crippen LogP contribution in [0.3, 0.4) is 0 Å². The molecule has 2 aliphatic rings. The van der Waals surface area contributed by atoms with E-state index >= 15 is 0 Å². The molecule has 0 aliphatic carbocycles. The lowest BCUT2D eigenvalue weighted by atomic mass is 10.0. The molecule has 0 radical (unpaired) electrons. The van der Waals surface area contributed by atoms with E-state index in [1.165, 1.54) is 30.6 Å². The zero-order valence-corrected chi connectivity index (χ0v) is 9.67. The topological polar surface area (TPSA) is 29.9 Å². The molecule has 1 aromatic rings. The van der Waals surface area contributed by atoms with Crippen molar-refractivity contribution in [1.82, 2.24) is 15.1 Å². The van der Waals surface area contributed by atoms with Gasteiger partial charge in [0, 0.05) is 18.7 Å². The summed E-state index contributed by atoms with van der Waals surface area (Å²) < 4.78 is 2.17. The van der Waals surface area contributed by atoms with Gasteiger partial charge in [-0.3, -0.25) is 4.68 Å². The average molecular weight is 223 g/mol. The largest absolute Gasteiger partial charge is 0.316 e. The Morgan fingerprint density at radius 2 is 2.47 bits per heavy atom. The fraction of sp³-hybridized carbons (Fsp3) is 0.727. The summed E-state index contributed by atoms with van der Waals surface area (Å²) in [6.45, 7) is 2.29. The van der Waals surface area contributed by atoms with Gasteiger partial charge in [-0.1, -0.05) is 0 Å². The molecular weight excluding hydrogens is 206 g/mol. The first-order valence-electron chi connectivity index (χ1n) is 5.80. The van der Waals surface area contributed by atoms with Crippen LogP contribution in [-0.4, -0.2) is 28.6 Å². The molecular formula is C11H17N3S. The SMILES string of the molecule is c1nn(C2CCCS2)cc1C1CCNC1. The minimum Gasteiger partial charge on any atom is -0.316 e. The third-order valence-electron chi connectivity index (χ3n) is 3.35. The Balaban J connectivity index is 1.74. The molecule has 2 atom stereocenters. The quantitative estimate of drug-likeness (QED) is 0.831. The lowest BCUT2D eigenvalue weighted by molar-refractivity contribution is 0.577. The average Bonchev–Trinajstić information content (AvgIpc) is 3.02.